The minimum Gasteiger partial charge on any atom is -0.481 e. The molecule has 2 heterocycles. The summed E-state index contributed by atoms with van der Waals surface area (Å²) in [4.78, 5) is 24.8. The molecule has 6 heteroatoms. The Morgan fingerprint density at radius 3 is 2.39 bits per heavy atom. The van der Waals surface area contributed by atoms with Crippen LogP contribution in [0.15, 0.2) is 86.6 Å². The summed E-state index contributed by atoms with van der Waals surface area (Å²) in [6.45, 7) is 0. The zero-order chi connectivity index (χ0) is 21.5. The first-order valence-corrected chi connectivity index (χ1v) is 9.94. The molecule has 0 atom stereocenters. The molecule has 0 amide bonds. The van der Waals surface area contributed by atoms with Gasteiger partial charge in [-0.05, 0) is 42.0 Å². The number of fused-ring (bicyclic) bond motifs is 3. The smallest absolute Gasteiger partial charge is 0.307 e. The van der Waals surface area contributed by atoms with E-state index in [2.05, 4.69) is 0 Å². The maximum Gasteiger partial charge on any atom is 0.307 e. The molecule has 2 aromatic heterocycles. The maximum absolute atomic E-state index is 13.2. The third-order valence-corrected chi connectivity index (χ3v) is 5.46. The second kappa shape index (κ2) is 7.45. The first kappa shape index (κ1) is 19.2. The highest BCUT2D eigenvalue weighted by Gasteiger charge is 2.23. The van der Waals surface area contributed by atoms with E-state index in [0.717, 1.165) is 5.56 Å². The number of hydrogen-bond donors (Lipinski definition) is 1. The average molecular weight is 431 g/mol. The van der Waals surface area contributed by atoms with E-state index in [1.54, 1.807) is 36.4 Å². The zero-order valence-electron chi connectivity index (χ0n) is 16.1. The highest BCUT2D eigenvalue weighted by molar-refractivity contribution is 6.30. The molecule has 3 aromatic carbocycles. The number of aliphatic carboxylic acids is 1. The fourth-order valence-electron chi connectivity index (χ4n) is 3.81. The van der Waals surface area contributed by atoms with E-state index in [9.17, 15) is 14.7 Å². The fraction of sp³-hybridized carbons (Fsp3) is 0.0400. The highest BCUT2D eigenvalue weighted by atomic mass is 35.5. The molecular weight excluding hydrogens is 416 g/mol. The van der Waals surface area contributed by atoms with Gasteiger partial charge in [0, 0.05) is 16.1 Å². The van der Waals surface area contributed by atoms with E-state index >= 15 is 0 Å². The first-order chi connectivity index (χ1) is 15.0. The second-order valence-electron chi connectivity index (χ2n) is 7.15. The Morgan fingerprint density at radius 1 is 0.935 bits per heavy atom. The van der Waals surface area contributed by atoms with Gasteiger partial charge in [-0.1, -0.05) is 41.9 Å². The van der Waals surface area contributed by atoms with Crippen molar-refractivity contribution in [1.82, 2.24) is 0 Å². The molecule has 0 saturated carbocycles. The molecule has 0 unspecified atom stereocenters. The van der Waals surface area contributed by atoms with Crippen LogP contribution in [0.1, 0.15) is 5.56 Å². The largest absolute Gasteiger partial charge is 0.481 e. The number of carbonyl (C=O) groups is 1. The zero-order valence-corrected chi connectivity index (χ0v) is 16.8. The summed E-state index contributed by atoms with van der Waals surface area (Å²) in [5.41, 5.74) is 2.89. The third-order valence-electron chi connectivity index (χ3n) is 5.21. The Balaban J connectivity index is 1.81. The predicted octanol–water partition coefficient (Wildman–Crippen LogP) is 6.15. The van der Waals surface area contributed by atoms with E-state index in [4.69, 9.17) is 20.4 Å². The van der Waals surface area contributed by atoms with Crippen LogP contribution in [0.4, 0.5) is 0 Å². The minimum absolute atomic E-state index is 0.190. The molecule has 0 radical (unpaired) electrons. The number of benzene rings is 3. The van der Waals surface area contributed by atoms with Crippen molar-refractivity contribution in [2.45, 2.75) is 6.42 Å². The van der Waals surface area contributed by atoms with Crippen molar-refractivity contribution < 1.29 is 18.7 Å². The van der Waals surface area contributed by atoms with Crippen molar-refractivity contribution >= 4 is 39.5 Å². The monoisotopic (exact) mass is 430 g/mol. The van der Waals surface area contributed by atoms with Crippen LogP contribution in [-0.4, -0.2) is 11.1 Å². The molecule has 0 aliphatic carbocycles. The summed E-state index contributed by atoms with van der Waals surface area (Å²) in [5, 5.41) is 10.9. The fourth-order valence-corrected chi connectivity index (χ4v) is 3.94. The lowest BCUT2D eigenvalue weighted by Crippen LogP contribution is -2.05. The van der Waals surface area contributed by atoms with Gasteiger partial charge < -0.3 is 13.9 Å². The van der Waals surface area contributed by atoms with Gasteiger partial charge in [-0.25, -0.2) is 0 Å². The van der Waals surface area contributed by atoms with Gasteiger partial charge in [0.1, 0.15) is 23.2 Å². The second-order valence-corrected chi connectivity index (χ2v) is 7.58. The lowest BCUT2D eigenvalue weighted by molar-refractivity contribution is -0.136. The van der Waals surface area contributed by atoms with E-state index in [0.29, 0.717) is 49.4 Å². The van der Waals surface area contributed by atoms with Crippen molar-refractivity contribution in [3.05, 3.63) is 93.8 Å². The molecule has 5 aromatic rings. The molecule has 0 saturated heterocycles. The Morgan fingerprint density at radius 2 is 1.68 bits per heavy atom. The number of rotatable bonds is 4. The Bertz CT molecular complexity index is 1500. The molecule has 0 aliphatic rings. The summed E-state index contributed by atoms with van der Waals surface area (Å²) in [7, 11) is 0. The molecule has 31 heavy (non-hydrogen) atoms. The van der Waals surface area contributed by atoms with Gasteiger partial charge in [-0.3, -0.25) is 9.59 Å². The highest BCUT2D eigenvalue weighted by Crippen LogP contribution is 2.38. The minimum atomic E-state index is -1.02. The molecule has 0 aliphatic heterocycles. The molecule has 152 valence electrons. The summed E-state index contributed by atoms with van der Waals surface area (Å²) in [6, 6.07) is 19.5. The molecule has 5 rings (SSSR count). The normalized spacial score (nSPS) is 11.3. The van der Waals surface area contributed by atoms with Crippen LogP contribution in [0.2, 0.25) is 5.02 Å². The maximum atomic E-state index is 13.2. The summed E-state index contributed by atoms with van der Waals surface area (Å²) in [5.74, 6) is -0.602. The van der Waals surface area contributed by atoms with E-state index in [1.165, 1.54) is 6.26 Å². The molecule has 0 fully saturated rings. The van der Waals surface area contributed by atoms with Gasteiger partial charge in [0.05, 0.1) is 22.8 Å². The van der Waals surface area contributed by atoms with Gasteiger partial charge in [0.25, 0.3) is 0 Å². The SMILES string of the molecule is O=C(O)Cc1c(-c2ccc(Cl)cc2)oc2ccc3c(=O)c(-c4ccccc4)coc3c12. The molecular formula is C25H15ClO5. The lowest BCUT2D eigenvalue weighted by Gasteiger charge is -2.05. The Labute approximate surface area is 181 Å². The van der Waals surface area contributed by atoms with Gasteiger partial charge in [0.15, 0.2) is 0 Å². The number of furan rings is 1. The molecule has 0 bridgehead atoms. The third kappa shape index (κ3) is 3.29. The number of hydrogen-bond acceptors (Lipinski definition) is 4. The van der Waals surface area contributed by atoms with Gasteiger partial charge in [-0.15, -0.1) is 0 Å². The number of carboxylic acid groups (broad SMARTS) is 1. The van der Waals surface area contributed by atoms with Crippen LogP contribution < -0.4 is 5.43 Å². The first-order valence-electron chi connectivity index (χ1n) is 9.56. The summed E-state index contributed by atoms with van der Waals surface area (Å²) >= 11 is 5.99. The van der Waals surface area contributed by atoms with Crippen LogP contribution in [-0.2, 0) is 11.2 Å². The molecule has 0 spiro atoms. The van der Waals surface area contributed by atoms with Gasteiger partial charge in [0.2, 0.25) is 5.43 Å². The quantitative estimate of drug-likeness (QED) is 0.369. The van der Waals surface area contributed by atoms with Crippen molar-refractivity contribution in [3.63, 3.8) is 0 Å². The number of carboxylic acids is 1. The predicted molar refractivity (Wildman–Crippen MR) is 119 cm³/mol. The number of halogens is 1. The topological polar surface area (TPSA) is 80.6 Å². The molecule has 5 nitrogen and oxygen atoms in total. The van der Waals surface area contributed by atoms with Crippen molar-refractivity contribution in [3.8, 4) is 22.5 Å². The Kier molecular flexibility index (Phi) is 4.60. The molecule has 1 N–H and O–H groups in total. The van der Waals surface area contributed by atoms with Crippen LogP contribution in [0.3, 0.4) is 0 Å². The van der Waals surface area contributed by atoms with Crippen LogP contribution in [0.25, 0.3) is 44.4 Å². The Hall–Kier alpha value is -3.83. The van der Waals surface area contributed by atoms with Gasteiger partial charge >= 0.3 is 5.97 Å². The van der Waals surface area contributed by atoms with E-state index < -0.39 is 5.97 Å². The van der Waals surface area contributed by atoms with Crippen LogP contribution in [0.5, 0.6) is 0 Å². The average Bonchev–Trinajstić information content (AvgIpc) is 3.13. The van der Waals surface area contributed by atoms with Crippen molar-refractivity contribution in [2.24, 2.45) is 0 Å². The van der Waals surface area contributed by atoms with E-state index in [1.807, 2.05) is 30.3 Å². The van der Waals surface area contributed by atoms with E-state index in [-0.39, 0.29) is 11.8 Å². The van der Waals surface area contributed by atoms with Crippen LogP contribution in [0, 0.1) is 0 Å². The van der Waals surface area contributed by atoms with Crippen molar-refractivity contribution in [1.29, 1.82) is 0 Å². The summed E-state index contributed by atoms with van der Waals surface area (Å²) < 4.78 is 11.9. The lowest BCUT2D eigenvalue weighted by atomic mass is 10.00. The van der Waals surface area contributed by atoms with Gasteiger partial charge in [-0.2, -0.15) is 0 Å². The summed E-state index contributed by atoms with van der Waals surface area (Å²) in [6.07, 6.45) is 1.13. The standard InChI is InChI=1S/C25H15ClO5/c26-16-8-6-15(7-9-16)24-18(12-21(27)28)22-20(31-24)11-10-17-23(29)19(13-30-25(17)22)14-4-2-1-3-5-14/h1-11,13H,12H2,(H,27,28). The van der Waals surface area contributed by atoms with Crippen LogP contribution >= 0.6 is 11.6 Å². The van der Waals surface area contributed by atoms with Crippen molar-refractivity contribution in [2.75, 3.05) is 0 Å².